The molecule has 1 aromatic carbocycles. The minimum atomic E-state index is 0.463. The molecule has 0 aliphatic carbocycles. The molecule has 0 unspecified atom stereocenters. The lowest BCUT2D eigenvalue weighted by Gasteiger charge is -2.10. The van der Waals surface area contributed by atoms with Gasteiger partial charge in [0.05, 0.1) is 6.54 Å². The van der Waals surface area contributed by atoms with Crippen molar-refractivity contribution in [2.75, 3.05) is 13.1 Å². The number of aliphatic imine (C=N–C) groups is 1. The van der Waals surface area contributed by atoms with Gasteiger partial charge in [-0.2, -0.15) is 5.10 Å². The Bertz CT molecular complexity index is 795. The Kier molecular flexibility index (Phi) is 6.41. The summed E-state index contributed by atoms with van der Waals surface area (Å²) in [6.45, 7) is 5.01. The van der Waals surface area contributed by atoms with Crippen molar-refractivity contribution in [3.05, 3.63) is 60.7 Å². The molecule has 2 aromatic heterocycles. The lowest BCUT2D eigenvalue weighted by atomic mass is 10.2. The number of guanidine groups is 1. The second kappa shape index (κ2) is 9.41. The molecule has 0 fully saturated rings. The largest absolute Gasteiger partial charge is 0.444 e. The second-order valence-electron chi connectivity index (χ2n) is 5.75. The van der Waals surface area contributed by atoms with Crippen molar-refractivity contribution in [3.8, 4) is 11.5 Å². The van der Waals surface area contributed by atoms with Crippen LogP contribution in [0.25, 0.3) is 11.5 Å². The predicted molar refractivity (Wildman–Crippen MR) is 102 cm³/mol. The summed E-state index contributed by atoms with van der Waals surface area (Å²) in [6.07, 6.45) is 6.38. The highest BCUT2D eigenvalue weighted by Gasteiger charge is 2.06. The van der Waals surface area contributed by atoms with E-state index in [0.29, 0.717) is 12.4 Å². The van der Waals surface area contributed by atoms with E-state index in [1.807, 2.05) is 54.2 Å². The number of nitrogens with one attached hydrogen (secondary N) is 2. The smallest absolute Gasteiger partial charge is 0.226 e. The summed E-state index contributed by atoms with van der Waals surface area (Å²) in [4.78, 5) is 9.08. The zero-order chi connectivity index (χ0) is 18.0. The number of oxazole rings is 1. The molecule has 0 saturated carbocycles. The van der Waals surface area contributed by atoms with Crippen LogP contribution in [0.1, 0.15) is 19.0 Å². The fourth-order valence-corrected chi connectivity index (χ4v) is 2.48. The molecule has 136 valence electrons. The lowest BCUT2D eigenvalue weighted by Crippen LogP contribution is -2.38. The number of hydrogen-bond acceptors (Lipinski definition) is 4. The predicted octanol–water partition coefficient (Wildman–Crippen LogP) is 2.68. The van der Waals surface area contributed by atoms with Crippen molar-refractivity contribution in [2.24, 2.45) is 4.99 Å². The van der Waals surface area contributed by atoms with Crippen LogP contribution >= 0.6 is 0 Å². The van der Waals surface area contributed by atoms with Crippen LogP contribution in [0, 0.1) is 0 Å². The maximum atomic E-state index is 5.55. The molecular weight excluding hydrogens is 328 g/mol. The van der Waals surface area contributed by atoms with Crippen molar-refractivity contribution in [2.45, 2.75) is 26.4 Å². The van der Waals surface area contributed by atoms with E-state index >= 15 is 0 Å². The van der Waals surface area contributed by atoms with Crippen molar-refractivity contribution < 1.29 is 4.42 Å². The maximum absolute atomic E-state index is 5.55. The Morgan fingerprint density at radius 1 is 1.19 bits per heavy atom. The molecule has 3 rings (SSSR count). The number of benzene rings is 1. The van der Waals surface area contributed by atoms with Crippen LogP contribution in [0.4, 0.5) is 0 Å². The minimum Gasteiger partial charge on any atom is -0.444 e. The molecule has 0 atom stereocenters. The SMILES string of the molecule is CCNC(=NCc1coc(-c2ccccc2)n1)NCCCn1cccn1. The van der Waals surface area contributed by atoms with Crippen LogP contribution in [0.15, 0.2) is 64.5 Å². The summed E-state index contributed by atoms with van der Waals surface area (Å²) < 4.78 is 7.47. The van der Waals surface area contributed by atoms with Gasteiger partial charge in [0.15, 0.2) is 5.96 Å². The van der Waals surface area contributed by atoms with Crippen molar-refractivity contribution in [1.29, 1.82) is 0 Å². The Morgan fingerprint density at radius 2 is 2.08 bits per heavy atom. The van der Waals surface area contributed by atoms with Gasteiger partial charge in [-0.15, -0.1) is 0 Å². The van der Waals surface area contributed by atoms with Gasteiger partial charge in [0.1, 0.15) is 12.0 Å². The first kappa shape index (κ1) is 17.7. The first-order chi connectivity index (χ1) is 12.8. The van der Waals surface area contributed by atoms with Crippen LogP contribution in [-0.2, 0) is 13.1 Å². The molecular formula is C19H24N6O. The Balaban J connectivity index is 1.51. The third-order valence-electron chi connectivity index (χ3n) is 3.73. The Hall–Kier alpha value is -3.09. The third-order valence-corrected chi connectivity index (χ3v) is 3.73. The summed E-state index contributed by atoms with van der Waals surface area (Å²) in [5.74, 6) is 1.39. The van der Waals surface area contributed by atoms with Crippen LogP contribution in [0.2, 0.25) is 0 Å². The summed E-state index contributed by atoms with van der Waals surface area (Å²) in [6, 6.07) is 11.8. The molecule has 0 amide bonds. The van der Waals surface area contributed by atoms with Gasteiger partial charge in [-0.05, 0) is 31.5 Å². The van der Waals surface area contributed by atoms with Gasteiger partial charge in [-0.3, -0.25) is 4.68 Å². The second-order valence-corrected chi connectivity index (χ2v) is 5.75. The van der Waals surface area contributed by atoms with E-state index in [1.54, 1.807) is 12.5 Å². The summed E-state index contributed by atoms with van der Waals surface area (Å²) in [5, 5.41) is 10.8. The van der Waals surface area contributed by atoms with Crippen LogP contribution in [0.3, 0.4) is 0 Å². The van der Waals surface area contributed by atoms with E-state index < -0.39 is 0 Å². The zero-order valence-electron chi connectivity index (χ0n) is 14.9. The topological polar surface area (TPSA) is 80.3 Å². The Morgan fingerprint density at radius 3 is 2.85 bits per heavy atom. The van der Waals surface area contributed by atoms with Gasteiger partial charge >= 0.3 is 0 Å². The van der Waals surface area contributed by atoms with Crippen LogP contribution in [-0.4, -0.2) is 33.8 Å². The van der Waals surface area contributed by atoms with Crippen molar-refractivity contribution in [1.82, 2.24) is 25.4 Å². The van der Waals surface area contributed by atoms with E-state index in [1.165, 1.54) is 0 Å². The monoisotopic (exact) mass is 352 g/mol. The fraction of sp³-hybridized carbons (Fsp3) is 0.316. The first-order valence-corrected chi connectivity index (χ1v) is 8.84. The summed E-state index contributed by atoms with van der Waals surface area (Å²) in [5.41, 5.74) is 1.77. The minimum absolute atomic E-state index is 0.463. The lowest BCUT2D eigenvalue weighted by molar-refractivity contribution is 0.569. The molecule has 0 bridgehead atoms. The highest BCUT2D eigenvalue weighted by molar-refractivity contribution is 5.79. The highest BCUT2D eigenvalue weighted by Crippen LogP contribution is 2.18. The van der Waals surface area contributed by atoms with E-state index in [-0.39, 0.29) is 0 Å². The molecule has 7 heteroatoms. The number of rotatable bonds is 8. The Labute approximate surface area is 153 Å². The van der Waals surface area contributed by atoms with E-state index in [2.05, 4.69) is 25.7 Å². The van der Waals surface area contributed by atoms with E-state index in [9.17, 15) is 0 Å². The van der Waals surface area contributed by atoms with Crippen molar-refractivity contribution >= 4 is 5.96 Å². The zero-order valence-corrected chi connectivity index (χ0v) is 14.9. The van der Waals surface area contributed by atoms with Gasteiger partial charge in [0.25, 0.3) is 0 Å². The molecule has 0 aliphatic heterocycles. The number of aromatic nitrogens is 3. The van der Waals surface area contributed by atoms with Gasteiger partial charge in [-0.25, -0.2) is 9.98 Å². The molecule has 0 saturated heterocycles. The molecule has 2 N–H and O–H groups in total. The standard InChI is InChI=1S/C19H24N6O/c1-2-20-19(21-10-6-12-25-13-7-11-23-25)22-14-17-15-26-18(24-17)16-8-4-3-5-9-16/h3-5,7-9,11,13,15H,2,6,10,12,14H2,1H3,(H2,20,21,22). The molecule has 0 aliphatic rings. The van der Waals surface area contributed by atoms with Gasteiger partial charge in [-0.1, -0.05) is 18.2 Å². The average molecular weight is 352 g/mol. The molecule has 2 heterocycles. The number of hydrogen-bond donors (Lipinski definition) is 2. The van der Waals surface area contributed by atoms with Gasteiger partial charge in [0, 0.05) is 37.6 Å². The van der Waals surface area contributed by atoms with Crippen LogP contribution < -0.4 is 10.6 Å². The normalized spacial score (nSPS) is 11.5. The first-order valence-electron chi connectivity index (χ1n) is 8.84. The van der Waals surface area contributed by atoms with E-state index in [4.69, 9.17) is 4.42 Å². The van der Waals surface area contributed by atoms with E-state index in [0.717, 1.165) is 43.3 Å². The number of nitrogens with zero attached hydrogens (tertiary/aromatic N) is 4. The maximum Gasteiger partial charge on any atom is 0.226 e. The molecule has 7 nitrogen and oxygen atoms in total. The molecule has 3 aromatic rings. The van der Waals surface area contributed by atoms with Crippen molar-refractivity contribution in [3.63, 3.8) is 0 Å². The summed E-state index contributed by atoms with van der Waals surface area (Å²) >= 11 is 0. The third kappa shape index (κ3) is 5.20. The number of aryl methyl sites for hydroxylation is 1. The molecule has 26 heavy (non-hydrogen) atoms. The highest BCUT2D eigenvalue weighted by atomic mass is 16.3. The quantitative estimate of drug-likeness (QED) is 0.370. The average Bonchev–Trinajstić information content (AvgIpc) is 3.36. The molecule has 0 radical (unpaired) electrons. The fourth-order valence-electron chi connectivity index (χ4n) is 2.48. The van der Waals surface area contributed by atoms with Gasteiger partial charge < -0.3 is 15.1 Å². The van der Waals surface area contributed by atoms with Gasteiger partial charge in [0.2, 0.25) is 5.89 Å². The summed E-state index contributed by atoms with van der Waals surface area (Å²) in [7, 11) is 0. The van der Waals surface area contributed by atoms with Crippen LogP contribution in [0.5, 0.6) is 0 Å². The molecule has 0 spiro atoms.